The molecule has 0 fully saturated rings. The van der Waals surface area contributed by atoms with Gasteiger partial charge in [0.05, 0.1) is 0 Å². The third kappa shape index (κ3) is 2.82. The minimum atomic E-state index is -0.0214. The summed E-state index contributed by atoms with van der Waals surface area (Å²) in [6.07, 6.45) is 0. The monoisotopic (exact) mass is 212 g/mol. The molecule has 76 valence electrons. The van der Waals surface area contributed by atoms with Crippen molar-refractivity contribution < 1.29 is 9.53 Å². The zero-order chi connectivity index (χ0) is 10.6. The van der Waals surface area contributed by atoms with E-state index >= 15 is 0 Å². The minimum absolute atomic E-state index is 0.0214. The molecule has 0 saturated heterocycles. The Hall–Kier alpha value is -0.860. The number of hydrogen-bond donors (Lipinski definition) is 0. The number of halogens is 1. The van der Waals surface area contributed by atoms with Gasteiger partial charge in [-0.25, -0.2) is 0 Å². The van der Waals surface area contributed by atoms with E-state index < -0.39 is 0 Å². The highest BCUT2D eigenvalue weighted by Crippen LogP contribution is 2.15. The molecule has 0 aliphatic carbocycles. The van der Waals surface area contributed by atoms with Crippen molar-refractivity contribution in [3.8, 4) is 0 Å². The Morgan fingerprint density at radius 3 is 2.86 bits per heavy atom. The topological polar surface area (TPSA) is 26.3 Å². The molecule has 0 radical (unpaired) electrons. The summed E-state index contributed by atoms with van der Waals surface area (Å²) in [5, 5.41) is 0.579. The van der Waals surface area contributed by atoms with Crippen LogP contribution < -0.4 is 0 Å². The second kappa shape index (κ2) is 5.13. The van der Waals surface area contributed by atoms with E-state index in [1.54, 1.807) is 12.1 Å². The molecule has 0 N–H and O–H groups in total. The van der Waals surface area contributed by atoms with Crippen molar-refractivity contribution in [3.05, 3.63) is 34.3 Å². The van der Waals surface area contributed by atoms with Crippen LogP contribution in [0.15, 0.2) is 18.2 Å². The van der Waals surface area contributed by atoms with Crippen LogP contribution in [0.3, 0.4) is 0 Å². The first-order valence-corrected chi connectivity index (χ1v) is 4.90. The average Bonchev–Trinajstić information content (AvgIpc) is 2.18. The van der Waals surface area contributed by atoms with Gasteiger partial charge in [-0.1, -0.05) is 17.7 Å². The lowest BCUT2D eigenvalue weighted by Gasteiger charge is -2.05. The van der Waals surface area contributed by atoms with E-state index in [-0.39, 0.29) is 12.4 Å². The van der Waals surface area contributed by atoms with E-state index in [0.717, 1.165) is 5.56 Å². The molecule has 0 aliphatic rings. The molecule has 0 aromatic heterocycles. The Labute approximate surface area is 88.8 Å². The van der Waals surface area contributed by atoms with Gasteiger partial charge in [0.2, 0.25) is 0 Å². The SMILES string of the molecule is CCOCC(=O)c1cc(Cl)ccc1C. The number of aryl methyl sites for hydroxylation is 1. The maximum atomic E-state index is 11.6. The Kier molecular flexibility index (Phi) is 4.11. The van der Waals surface area contributed by atoms with Gasteiger partial charge in [0.1, 0.15) is 6.61 Å². The Bertz CT molecular complexity index is 334. The first-order chi connectivity index (χ1) is 6.65. The van der Waals surface area contributed by atoms with E-state index in [9.17, 15) is 4.79 Å². The quantitative estimate of drug-likeness (QED) is 0.718. The van der Waals surface area contributed by atoms with Crippen LogP contribution in [0.2, 0.25) is 5.02 Å². The van der Waals surface area contributed by atoms with Crippen LogP contribution in [-0.4, -0.2) is 19.0 Å². The van der Waals surface area contributed by atoms with Crippen LogP contribution in [0, 0.1) is 6.92 Å². The smallest absolute Gasteiger partial charge is 0.188 e. The van der Waals surface area contributed by atoms with Crippen molar-refractivity contribution in [1.29, 1.82) is 0 Å². The van der Waals surface area contributed by atoms with Crippen molar-refractivity contribution in [2.45, 2.75) is 13.8 Å². The van der Waals surface area contributed by atoms with Gasteiger partial charge in [-0.15, -0.1) is 0 Å². The number of rotatable bonds is 4. The maximum absolute atomic E-state index is 11.6. The normalized spacial score (nSPS) is 10.2. The molecule has 0 amide bonds. The third-order valence-electron chi connectivity index (χ3n) is 1.94. The fraction of sp³-hybridized carbons (Fsp3) is 0.364. The number of carbonyl (C=O) groups is 1. The van der Waals surface area contributed by atoms with Crippen molar-refractivity contribution in [2.24, 2.45) is 0 Å². The van der Waals surface area contributed by atoms with E-state index in [2.05, 4.69) is 0 Å². The highest BCUT2D eigenvalue weighted by molar-refractivity contribution is 6.31. The lowest BCUT2D eigenvalue weighted by Crippen LogP contribution is -2.10. The van der Waals surface area contributed by atoms with Gasteiger partial charge in [0, 0.05) is 17.2 Å². The predicted octanol–water partition coefficient (Wildman–Crippen LogP) is 2.87. The van der Waals surface area contributed by atoms with Gasteiger partial charge in [-0.05, 0) is 31.5 Å². The average molecular weight is 213 g/mol. The summed E-state index contributed by atoms with van der Waals surface area (Å²) in [6, 6.07) is 5.29. The Balaban J connectivity index is 2.83. The molecule has 0 heterocycles. The predicted molar refractivity (Wildman–Crippen MR) is 57.0 cm³/mol. The molecule has 1 aromatic rings. The molecule has 3 heteroatoms. The molecule has 0 unspecified atom stereocenters. The van der Waals surface area contributed by atoms with E-state index in [1.165, 1.54) is 0 Å². The first-order valence-electron chi connectivity index (χ1n) is 4.52. The van der Waals surface area contributed by atoms with Crippen molar-refractivity contribution in [3.63, 3.8) is 0 Å². The summed E-state index contributed by atoms with van der Waals surface area (Å²) in [4.78, 5) is 11.6. The van der Waals surface area contributed by atoms with Crippen molar-refractivity contribution in [1.82, 2.24) is 0 Å². The molecule has 0 aliphatic heterocycles. The van der Waals surface area contributed by atoms with E-state index in [1.807, 2.05) is 19.9 Å². The molecule has 14 heavy (non-hydrogen) atoms. The summed E-state index contributed by atoms with van der Waals surface area (Å²) >= 11 is 5.80. The molecule has 0 atom stereocenters. The van der Waals surface area contributed by atoms with Crippen molar-refractivity contribution in [2.75, 3.05) is 13.2 Å². The highest BCUT2D eigenvalue weighted by Gasteiger charge is 2.09. The summed E-state index contributed by atoms with van der Waals surface area (Å²) in [7, 11) is 0. The van der Waals surface area contributed by atoms with Gasteiger partial charge in [-0.2, -0.15) is 0 Å². The van der Waals surface area contributed by atoms with Crippen LogP contribution in [0.4, 0.5) is 0 Å². The van der Waals surface area contributed by atoms with Crippen LogP contribution in [0.25, 0.3) is 0 Å². The second-order valence-corrected chi connectivity index (χ2v) is 3.46. The molecule has 0 bridgehead atoms. The molecule has 2 nitrogen and oxygen atoms in total. The zero-order valence-corrected chi connectivity index (χ0v) is 9.10. The largest absolute Gasteiger partial charge is 0.374 e. The maximum Gasteiger partial charge on any atom is 0.188 e. The fourth-order valence-electron chi connectivity index (χ4n) is 1.17. The zero-order valence-electron chi connectivity index (χ0n) is 8.34. The molecule has 1 aromatic carbocycles. The molecule has 0 spiro atoms. The van der Waals surface area contributed by atoms with Crippen LogP contribution in [-0.2, 0) is 4.74 Å². The van der Waals surface area contributed by atoms with E-state index in [4.69, 9.17) is 16.3 Å². The molecule has 1 rings (SSSR count). The lowest BCUT2D eigenvalue weighted by atomic mass is 10.1. The third-order valence-corrected chi connectivity index (χ3v) is 2.17. The van der Waals surface area contributed by atoms with E-state index in [0.29, 0.717) is 17.2 Å². The molecular formula is C11H13ClO2. The first kappa shape index (κ1) is 11.2. The fourth-order valence-corrected chi connectivity index (χ4v) is 1.34. The number of hydrogen-bond acceptors (Lipinski definition) is 2. The molecule has 0 saturated carbocycles. The summed E-state index contributed by atoms with van der Waals surface area (Å²) in [5.74, 6) is -0.0214. The van der Waals surface area contributed by atoms with Crippen LogP contribution in [0.5, 0.6) is 0 Å². The Morgan fingerprint density at radius 2 is 2.21 bits per heavy atom. The van der Waals surface area contributed by atoms with Gasteiger partial charge < -0.3 is 4.74 Å². The standard InChI is InChI=1S/C11H13ClO2/c1-3-14-7-11(13)10-6-9(12)5-4-8(10)2/h4-6H,3,7H2,1-2H3. The van der Waals surface area contributed by atoms with Crippen LogP contribution in [0.1, 0.15) is 22.8 Å². The highest BCUT2D eigenvalue weighted by atomic mass is 35.5. The van der Waals surface area contributed by atoms with Gasteiger partial charge in [0.25, 0.3) is 0 Å². The van der Waals surface area contributed by atoms with Crippen LogP contribution >= 0.6 is 11.6 Å². The number of ketones is 1. The Morgan fingerprint density at radius 1 is 1.50 bits per heavy atom. The molecular weight excluding hydrogens is 200 g/mol. The van der Waals surface area contributed by atoms with Gasteiger partial charge in [0.15, 0.2) is 5.78 Å². The number of carbonyl (C=O) groups excluding carboxylic acids is 1. The number of Topliss-reactive ketones (excluding diaryl/α,β-unsaturated/α-hetero) is 1. The summed E-state index contributed by atoms with van der Waals surface area (Å²) in [5.41, 5.74) is 1.57. The van der Waals surface area contributed by atoms with Crippen molar-refractivity contribution >= 4 is 17.4 Å². The minimum Gasteiger partial charge on any atom is -0.374 e. The number of ether oxygens (including phenoxy) is 1. The summed E-state index contributed by atoms with van der Waals surface area (Å²) in [6.45, 7) is 4.41. The number of benzene rings is 1. The second-order valence-electron chi connectivity index (χ2n) is 3.02. The lowest BCUT2D eigenvalue weighted by molar-refractivity contribution is 0.0782. The van der Waals surface area contributed by atoms with Gasteiger partial charge >= 0.3 is 0 Å². The van der Waals surface area contributed by atoms with Gasteiger partial charge in [-0.3, -0.25) is 4.79 Å². The summed E-state index contributed by atoms with van der Waals surface area (Å²) < 4.78 is 5.05.